The molecule has 0 radical (unpaired) electrons. The van der Waals surface area contributed by atoms with Gasteiger partial charge in [-0.3, -0.25) is 15.0 Å². The summed E-state index contributed by atoms with van der Waals surface area (Å²) >= 11 is 3.45. The van der Waals surface area contributed by atoms with Crippen molar-refractivity contribution >= 4 is 21.6 Å². The van der Waals surface area contributed by atoms with Crippen LogP contribution in [0.2, 0.25) is 0 Å². The normalized spacial score (nSPS) is 27.0. The number of nitro groups is 1. The van der Waals surface area contributed by atoms with E-state index in [1.54, 1.807) is 12.1 Å². The first-order chi connectivity index (χ1) is 11.1. The third-order valence-corrected chi connectivity index (χ3v) is 5.38. The first-order valence-electron chi connectivity index (χ1n) is 8.09. The Labute approximate surface area is 144 Å². The van der Waals surface area contributed by atoms with Crippen LogP contribution in [0.25, 0.3) is 0 Å². The van der Waals surface area contributed by atoms with E-state index in [9.17, 15) is 10.1 Å². The smallest absolute Gasteiger partial charge is 0.274 e. The zero-order valence-corrected chi connectivity index (χ0v) is 14.6. The highest BCUT2D eigenvalue weighted by Crippen LogP contribution is 2.39. The summed E-state index contributed by atoms with van der Waals surface area (Å²) in [6.07, 6.45) is 3.66. The molecule has 2 aliphatic heterocycles. The molecule has 126 valence electrons. The van der Waals surface area contributed by atoms with Crippen LogP contribution in [0.1, 0.15) is 37.3 Å². The van der Waals surface area contributed by atoms with E-state index in [1.165, 1.54) is 0 Å². The summed E-state index contributed by atoms with van der Waals surface area (Å²) in [5.74, 6) is 0. The van der Waals surface area contributed by atoms with Crippen LogP contribution in [-0.2, 0) is 4.74 Å². The standard InChI is InChI=1S/C16H22BrN3O3/c17-11-1-2-15(20(21)22)14(9-11)16-10-12(18)3-6-19(16)13-4-7-23-8-5-13/h1-2,9,12-13,16H,3-8,10,18H2. The second-order valence-electron chi connectivity index (χ2n) is 6.34. The zero-order chi connectivity index (χ0) is 16.4. The van der Waals surface area contributed by atoms with Gasteiger partial charge in [-0.25, -0.2) is 0 Å². The number of hydrogen-bond acceptors (Lipinski definition) is 5. The van der Waals surface area contributed by atoms with E-state index in [2.05, 4.69) is 20.8 Å². The average Bonchev–Trinajstić information content (AvgIpc) is 2.55. The maximum atomic E-state index is 11.5. The fourth-order valence-electron chi connectivity index (χ4n) is 3.73. The van der Waals surface area contributed by atoms with Crippen LogP contribution in [-0.4, -0.2) is 41.7 Å². The Balaban J connectivity index is 1.95. The van der Waals surface area contributed by atoms with Gasteiger partial charge in [-0.1, -0.05) is 15.9 Å². The lowest BCUT2D eigenvalue weighted by Gasteiger charge is -2.44. The maximum Gasteiger partial charge on any atom is 0.274 e. The molecule has 0 amide bonds. The van der Waals surface area contributed by atoms with E-state index in [-0.39, 0.29) is 22.7 Å². The van der Waals surface area contributed by atoms with E-state index in [1.807, 2.05) is 6.07 Å². The van der Waals surface area contributed by atoms with Crippen molar-refractivity contribution in [1.29, 1.82) is 0 Å². The van der Waals surface area contributed by atoms with Crippen molar-refractivity contribution in [3.05, 3.63) is 38.3 Å². The number of rotatable bonds is 3. The second-order valence-corrected chi connectivity index (χ2v) is 7.26. The maximum absolute atomic E-state index is 11.5. The van der Waals surface area contributed by atoms with Gasteiger partial charge in [0.2, 0.25) is 0 Å². The number of piperidine rings is 1. The van der Waals surface area contributed by atoms with Crippen LogP contribution in [0.15, 0.2) is 22.7 Å². The van der Waals surface area contributed by atoms with Gasteiger partial charge in [0.25, 0.3) is 5.69 Å². The molecule has 0 aromatic heterocycles. The predicted octanol–water partition coefficient (Wildman–Crippen LogP) is 3.00. The highest BCUT2D eigenvalue weighted by Gasteiger charge is 2.36. The van der Waals surface area contributed by atoms with Gasteiger partial charge in [0.15, 0.2) is 0 Å². The molecule has 1 aromatic rings. The van der Waals surface area contributed by atoms with Crippen molar-refractivity contribution < 1.29 is 9.66 Å². The summed E-state index contributed by atoms with van der Waals surface area (Å²) < 4.78 is 6.33. The van der Waals surface area contributed by atoms with Crippen molar-refractivity contribution in [3.8, 4) is 0 Å². The van der Waals surface area contributed by atoms with Crippen molar-refractivity contribution in [2.45, 2.75) is 43.8 Å². The number of hydrogen-bond donors (Lipinski definition) is 1. The van der Waals surface area contributed by atoms with Crippen molar-refractivity contribution in [2.24, 2.45) is 5.73 Å². The van der Waals surface area contributed by atoms with Gasteiger partial charge in [-0.2, -0.15) is 0 Å². The van der Waals surface area contributed by atoms with Gasteiger partial charge in [0.05, 0.1) is 4.92 Å². The summed E-state index contributed by atoms with van der Waals surface area (Å²) in [5, 5.41) is 11.5. The Hall–Kier alpha value is -1.02. The minimum atomic E-state index is -0.288. The third kappa shape index (κ3) is 3.74. The molecule has 2 unspecified atom stereocenters. The van der Waals surface area contributed by atoms with Crippen molar-refractivity contribution in [1.82, 2.24) is 4.90 Å². The fraction of sp³-hybridized carbons (Fsp3) is 0.625. The van der Waals surface area contributed by atoms with Gasteiger partial charge in [0, 0.05) is 54.0 Å². The molecule has 2 N–H and O–H groups in total. The number of benzene rings is 1. The largest absolute Gasteiger partial charge is 0.381 e. The lowest BCUT2D eigenvalue weighted by Crippen LogP contribution is -2.48. The second kappa shape index (κ2) is 7.25. The van der Waals surface area contributed by atoms with Crippen LogP contribution in [0.5, 0.6) is 0 Å². The molecule has 0 spiro atoms. The highest BCUT2D eigenvalue weighted by molar-refractivity contribution is 9.10. The van der Waals surface area contributed by atoms with E-state index in [0.29, 0.717) is 6.04 Å². The number of nitrogens with two attached hydrogens (primary N) is 1. The minimum absolute atomic E-state index is 0.000231. The molecule has 3 rings (SSSR count). The lowest BCUT2D eigenvalue weighted by atomic mass is 9.88. The summed E-state index contributed by atoms with van der Waals surface area (Å²) in [7, 11) is 0. The van der Waals surface area contributed by atoms with Crippen LogP contribution >= 0.6 is 15.9 Å². The lowest BCUT2D eigenvalue weighted by molar-refractivity contribution is -0.386. The van der Waals surface area contributed by atoms with Gasteiger partial charge in [-0.15, -0.1) is 0 Å². The minimum Gasteiger partial charge on any atom is -0.381 e. The Morgan fingerprint density at radius 2 is 2.04 bits per heavy atom. The zero-order valence-electron chi connectivity index (χ0n) is 13.0. The molecule has 2 heterocycles. The predicted molar refractivity (Wildman–Crippen MR) is 91.3 cm³/mol. The average molecular weight is 384 g/mol. The van der Waals surface area contributed by atoms with E-state index in [0.717, 1.165) is 55.5 Å². The Kier molecular flexibility index (Phi) is 5.31. The molecule has 2 aliphatic rings. The molecule has 7 heteroatoms. The number of nitrogens with zero attached hydrogens (tertiary/aromatic N) is 2. The summed E-state index contributed by atoms with van der Waals surface area (Å²) in [6.45, 7) is 2.42. The molecular weight excluding hydrogens is 362 g/mol. The Bertz CT molecular complexity index is 578. The number of nitro benzene ring substituents is 1. The summed E-state index contributed by atoms with van der Waals surface area (Å²) in [6, 6.07) is 5.70. The molecule has 2 atom stereocenters. The van der Waals surface area contributed by atoms with Gasteiger partial charge in [-0.05, 0) is 37.8 Å². The van der Waals surface area contributed by atoms with Gasteiger partial charge in [0.1, 0.15) is 0 Å². The fourth-order valence-corrected chi connectivity index (χ4v) is 4.11. The van der Waals surface area contributed by atoms with Crippen LogP contribution < -0.4 is 5.73 Å². The van der Waals surface area contributed by atoms with Gasteiger partial charge >= 0.3 is 0 Å². The highest BCUT2D eigenvalue weighted by atomic mass is 79.9. The molecule has 6 nitrogen and oxygen atoms in total. The monoisotopic (exact) mass is 383 g/mol. The van der Waals surface area contributed by atoms with Crippen molar-refractivity contribution in [2.75, 3.05) is 19.8 Å². The molecule has 2 saturated heterocycles. The van der Waals surface area contributed by atoms with E-state index >= 15 is 0 Å². The molecule has 23 heavy (non-hydrogen) atoms. The first kappa shape index (κ1) is 16.8. The number of ether oxygens (including phenoxy) is 1. The van der Waals surface area contributed by atoms with Gasteiger partial charge < -0.3 is 10.5 Å². The molecule has 0 bridgehead atoms. The number of likely N-dealkylation sites (tertiary alicyclic amines) is 1. The Morgan fingerprint density at radius 3 is 2.74 bits per heavy atom. The third-order valence-electron chi connectivity index (χ3n) is 4.89. The molecule has 0 aliphatic carbocycles. The number of halogens is 1. The molecule has 1 aromatic carbocycles. The topological polar surface area (TPSA) is 81.6 Å². The van der Waals surface area contributed by atoms with Crippen LogP contribution in [0.3, 0.4) is 0 Å². The van der Waals surface area contributed by atoms with Crippen molar-refractivity contribution in [3.63, 3.8) is 0 Å². The first-order valence-corrected chi connectivity index (χ1v) is 8.88. The Morgan fingerprint density at radius 1 is 1.30 bits per heavy atom. The van der Waals surface area contributed by atoms with E-state index < -0.39 is 0 Å². The molecular formula is C16H22BrN3O3. The summed E-state index contributed by atoms with van der Waals surface area (Å²) in [5.41, 5.74) is 7.14. The summed E-state index contributed by atoms with van der Waals surface area (Å²) in [4.78, 5) is 13.6. The molecule has 2 fully saturated rings. The van der Waals surface area contributed by atoms with Crippen LogP contribution in [0, 0.1) is 10.1 Å². The molecule has 0 saturated carbocycles. The SMILES string of the molecule is NC1CCN(C2CCOCC2)C(c2cc(Br)ccc2[N+](=O)[O-])C1. The van der Waals surface area contributed by atoms with E-state index in [4.69, 9.17) is 10.5 Å². The van der Waals surface area contributed by atoms with Crippen LogP contribution in [0.4, 0.5) is 5.69 Å². The quantitative estimate of drug-likeness (QED) is 0.640.